The van der Waals surface area contributed by atoms with Crippen LogP contribution in [0, 0.1) is 12.7 Å². The lowest BCUT2D eigenvalue weighted by Gasteiger charge is -2.13. The van der Waals surface area contributed by atoms with Gasteiger partial charge in [-0.15, -0.1) is 0 Å². The average Bonchev–Trinajstić information content (AvgIpc) is 2.71. The number of hydrogen-bond donors (Lipinski definition) is 1. The Bertz CT molecular complexity index is 1050. The first-order valence-electron chi connectivity index (χ1n) is 9.10. The fraction of sp³-hybridized carbons (Fsp3) is 0.174. The van der Waals surface area contributed by atoms with E-state index in [9.17, 15) is 9.18 Å². The zero-order valence-electron chi connectivity index (χ0n) is 16.8. The van der Waals surface area contributed by atoms with Crippen molar-refractivity contribution in [2.24, 2.45) is 0 Å². The molecular formula is C23H22FN3O2. The summed E-state index contributed by atoms with van der Waals surface area (Å²) in [5.74, 6) is 0.200. The number of carbonyl (C=O) groups is 1. The highest BCUT2D eigenvalue weighted by atomic mass is 19.1. The largest absolute Gasteiger partial charge is 0.497 e. The van der Waals surface area contributed by atoms with Crippen molar-refractivity contribution >= 4 is 17.3 Å². The van der Waals surface area contributed by atoms with Crippen LogP contribution in [0.25, 0.3) is 5.57 Å². The van der Waals surface area contributed by atoms with Crippen LogP contribution in [-0.2, 0) is 0 Å². The number of ether oxygens (including phenoxy) is 1. The Morgan fingerprint density at radius 1 is 1.00 bits per heavy atom. The minimum absolute atomic E-state index is 0.180. The standard InChI is InChI=1S/C23H22FN3O2/c1-14(2)22(16-5-8-18(29-4)9-6-16)17-7-10-21(26-11-17)27-23(28)19-12-25-13-20(24)15(19)3/h5-13H,1-4H3,(H,26,27,28). The Hall–Kier alpha value is -3.54. The van der Waals surface area contributed by atoms with Crippen molar-refractivity contribution in [3.05, 3.63) is 88.6 Å². The minimum atomic E-state index is -0.520. The lowest BCUT2D eigenvalue weighted by Crippen LogP contribution is -2.15. The Labute approximate surface area is 169 Å². The van der Waals surface area contributed by atoms with E-state index in [0.29, 0.717) is 5.82 Å². The summed E-state index contributed by atoms with van der Waals surface area (Å²) in [6.45, 7) is 5.61. The van der Waals surface area contributed by atoms with Crippen LogP contribution in [0.15, 0.2) is 60.6 Å². The highest BCUT2D eigenvalue weighted by Gasteiger charge is 2.14. The zero-order valence-corrected chi connectivity index (χ0v) is 16.8. The van der Waals surface area contributed by atoms with E-state index in [1.54, 1.807) is 26.3 Å². The van der Waals surface area contributed by atoms with Gasteiger partial charge in [-0.05, 0) is 56.2 Å². The summed E-state index contributed by atoms with van der Waals surface area (Å²) in [5.41, 5.74) is 4.60. The molecular weight excluding hydrogens is 369 g/mol. The first-order chi connectivity index (χ1) is 13.9. The number of benzene rings is 1. The van der Waals surface area contributed by atoms with Crippen molar-refractivity contribution in [2.45, 2.75) is 20.8 Å². The monoisotopic (exact) mass is 391 g/mol. The highest BCUT2D eigenvalue weighted by molar-refractivity contribution is 6.04. The predicted octanol–water partition coefficient (Wildman–Crippen LogP) is 5.03. The van der Waals surface area contributed by atoms with Gasteiger partial charge in [0.05, 0.1) is 18.9 Å². The number of anilines is 1. The lowest BCUT2D eigenvalue weighted by atomic mass is 9.95. The molecule has 148 valence electrons. The molecule has 0 radical (unpaired) electrons. The number of nitrogens with zero attached hydrogens (tertiary/aromatic N) is 2. The van der Waals surface area contributed by atoms with Crippen LogP contribution < -0.4 is 10.1 Å². The molecule has 0 spiro atoms. The third-order valence-electron chi connectivity index (χ3n) is 4.57. The summed E-state index contributed by atoms with van der Waals surface area (Å²) in [6.07, 6.45) is 4.13. The molecule has 3 aromatic rings. The molecule has 0 atom stereocenters. The molecule has 0 bridgehead atoms. The van der Waals surface area contributed by atoms with Crippen molar-refractivity contribution in [1.29, 1.82) is 0 Å². The molecule has 2 heterocycles. The summed E-state index contributed by atoms with van der Waals surface area (Å²) in [4.78, 5) is 20.5. The molecule has 0 fully saturated rings. The number of amides is 1. The average molecular weight is 391 g/mol. The topological polar surface area (TPSA) is 64.1 Å². The van der Waals surface area contributed by atoms with Crippen molar-refractivity contribution in [2.75, 3.05) is 12.4 Å². The third kappa shape index (κ3) is 4.48. The first kappa shape index (κ1) is 20.2. The number of pyridine rings is 2. The second-order valence-corrected chi connectivity index (χ2v) is 6.78. The van der Waals surface area contributed by atoms with Gasteiger partial charge >= 0.3 is 0 Å². The van der Waals surface area contributed by atoms with Gasteiger partial charge in [-0.1, -0.05) is 17.7 Å². The molecule has 2 aromatic heterocycles. The molecule has 1 aromatic carbocycles. The molecule has 0 aliphatic heterocycles. The van der Waals surface area contributed by atoms with Gasteiger partial charge in [0.25, 0.3) is 5.91 Å². The molecule has 0 unspecified atom stereocenters. The van der Waals surface area contributed by atoms with Gasteiger partial charge in [0.1, 0.15) is 17.4 Å². The Morgan fingerprint density at radius 3 is 2.28 bits per heavy atom. The fourth-order valence-corrected chi connectivity index (χ4v) is 3.03. The zero-order chi connectivity index (χ0) is 21.0. The van der Waals surface area contributed by atoms with Crippen molar-refractivity contribution in [1.82, 2.24) is 9.97 Å². The quantitative estimate of drug-likeness (QED) is 0.663. The number of methoxy groups -OCH3 is 1. The number of hydrogen-bond acceptors (Lipinski definition) is 4. The van der Waals surface area contributed by atoms with Gasteiger partial charge in [-0.3, -0.25) is 9.78 Å². The van der Waals surface area contributed by atoms with Crippen LogP contribution in [0.2, 0.25) is 0 Å². The second kappa shape index (κ2) is 8.65. The predicted molar refractivity (Wildman–Crippen MR) is 111 cm³/mol. The van der Waals surface area contributed by atoms with E-state index in [2.05, 4.69) is 15.3 Å². The number of allylic oxidation sites excluding steroid dienone is 1. The van der Waals surface area contributed by atoms with E-state index in [-0.39, 0.29) is 11.1 Å². The summed E-state index contributed by atoms with van der Waals surface area (Å²) in [5, 5.41) is 2.69. The fourth-order valence-electron chi connectivity index (χ4n) is 3.03. The number of carbonyl (C=O) groups excluding carboxylic acids is 1. The van der Waals surface area contributed by atoms with E-state index < -0.39 is 11.7 Å². The molecule has 1 N–H and O–H groups in total. The molecule has 1 amide bonds. The SMILES string of the molecule is COc1ccc(C(=C(C)C)c2ccc(NC(=O)c3cncc(F)c3C)nc2)cc1. The van der Waals surface area contributed by atoms with E-state index in [0.717, 1.165) is 34.2 Å². The maximum atomic E-state index is 13.6. The van der Waals surface area contributed by atoms with Crippen LogP contribution in [0.4, 0.5) is 10.2 Å². The number of nitrogens with one attached hydrogen (secondary N) is 1. The third-order valence-corrected chi connectivity index (χ3v) is 4.57. The van der Waals surface area contributed by atoms with Gasteiger partial charge in [0.2, 0.25) is 0 Å². The van der Waals surface area contributed by atoms with Gasteiger partial charge in [-0.2, -0.15) is 0 Å². The van der Waals surface area contributed by atoms with Gasteiger partial charge in [-0.25, -0.2) is 9.37 Å². The molecule has 6 heteroatoms. The molecule has 0 aliphatic carbocycles. The van der Waals surface area contributed by atoms with Crippen LogP contribution in [0.3, 0.4) is 0 Å². The molecule has 29 heavy (non-hydrogen) atoms. The van der Waals surface area contributed by atoms with Crippen molar-refractivity contribution < 1.29 is 13.9 Å². The molecule has 5 nitrogen and oxygen atoms in total. The number of aromatic nitrogens is 2. The minimum Gasteiger partial charge on any atom is -0.497 e. The Kier molecular flexibility index (Phi) is 6.02. The first-order valence-corrected chi connectivity index (χ1v) is 9.10. The molecule has 0 saturated carbocycles. The summed E-state index contributed by atoms with van der Waals surface area (Å²) < 4.78 is 18.9. The second-order valence-electron chi connectivity index (χ2n) is 6.78. The summed E-state index contributed by atoms with van der Waals surface area (Å²) >= 11 is 0. The molecule has 0 saturated heterocycles. The normalized spacial score (nSPS) is 10.4. The van der Waals surface area contributed by atoms with E-state index in [4.69, 9.17) is 4.74 Å². The van der Waals surface area contributed by atoms with Crippen molar-refractivity contribution in [3.63, 3.8) is 0 Å². The van der Waals surface area contributed by atoms with E-state index in [1.165, 1.54) is 6.20 Å². The van der Waals surface area contributed by atoms with E-state index in [1.807, 2.05) is 44.2 Å². The van der Waals surface area contributed by atoms with Gasteiger partial charge in [0.15, 0.2) is 0 Å². The summed E-state index contributed by atoms with van der Waals surface area (Å²) in [7, 11) is 1.63. The van der Waals surface area contributed by atoms with Crippen LogP contribution in [0.5, 0.6) is 5.75 Å². The Morgan fingerprint density at radius 2 is 1.69 bits per heavy atom. The highest BCUT2D eigenvalue weighted by Crippen LogP contribution is 2.28. The number of halogens is 1. The summed E-state index contributed by atoms with van der Waals surface area (Å²) in [6, 6.07) is 11.4. The number of rotatable bonds is 5. The molecule has 0 aliphatic rings. The van der Waals surface area contributed by atoms with Crippen molar-refractivity contribution in [3.8, 4) is 5.75 Å². The maximum absolute atomic E-state index is 13.6. The maximum Gasteiger partial charge on any atom is 0.258 e. The van der Waals surface area contributed by atoms with E-state index >= 15 is 0 Å². The van der Waals surface area contributed by atoms with Crippen LogP contribution >= 0.6 is 0 Å². The lowest BCUT2D eigenvalue weighted by molar-refractivity contribution is 0.102. The smallest absolute Gasteiger partial charge is 0.258 e. The van der Waals surface area contributed by atoms with Gasteiger partial charge in [0, 0.05) is 23.5 Å². The molecule has 3 rings (SSSR count). The van der Waals surface area contributed by atoms with Crippen LogP contribution in [0.1, 0.15) is 40.9 Å². The van der Waals surface area contributed by atoms with Gasteiger partial charge < -0.3 is 10.1 Å². The van der Waals surface area contributed by atoms with Crippen LogP contribution in [-0.4, -0.2) is 23.0 Å². The Balaban J connectivity index is 1.83.